The first-order valence-electron chi connectivity index (χ1n) is 5.75. The van der Waals surface area contributed by atoms with E-state index in [2.05, 4.69) is 25.8 Å². The van der Waals surface area contributed by atoms with E-state index in [1.807, 2.05) is 18.1 Å². The highest BCUT2D eigenvalue weighted by Crippen LogP contribution is 2.37. The summed E-state index contributed by atoms with van der Waals surface area (Å²) in [4.78, 5) is 12.6. The molecule has 2 aromatic heterocycles. The fourth-order valence-corrected chi connectivity index (χ4v) is 3.31. The monoisotopic (exact) mass is 249 g/mol. The molecule has 1 fully saturated rings. The van der Waals surface area contributed by atoms with Gasteiger partial charge in [-0.25, -0.2) is 15.0 Å². The van der Waals surface area contributed by atoms with Gasteiger partial charge in [0.05, 0.1) is 6.33 Å². The number of hydrogen-bond donors (Lipinski definition) is 1. The lowest BCUT2D eigenvalue weighted by Gasteiger charge is -2.12. The van der Waals surface area contributed by atoms with E-state index in [0.717, 1.165) is 16.4 Å². The summed E-state index contributed by atoms with van der Waals surface area (Å²) in [5.41, 5.74) is 7.38. The quantitative estimate of drug-likeness (QED) is 0.879. The van der Waals surface area contributed by atoms with Crippen molar-refractivity contribution in [3.63, 3.8) is 0 Å². The normalized spacial score (nSPS) is 24.5. The summed E-state index contributed by atoms with van der Waals surface area (Å²) in [6, 6.07) is 0.506. The molecule has 2 N–H and O–H groups in total. The van der Waals surface area contributed by atoms with Gasteiger partial charge in [0.2, 0.25) is 0 Å². The van der Waals surface area contributed by atoms with E-state index in [-0.39, 0.29) is 0 Å². The predicted octanol–water partition coefficient (Wildman–Crippen LogP) is 1.87. The van der Waals surface area contributed by atoms with Crippen molar-refractivity contribution in [3.05, 3.63) is 12.7 Å². The number of rotatable bonds is 2. The standard InChI is InChI=1S/C11H15N5S/c1-17-8-3-2-7(4-8)16-6-15-9-10(12)13-5-14-11(9)16/h5-8H,2-4H2,1H3,(H2,12,13,14). The highest BCUT2D eigenvalue weighted by Gasteiger charge is 2.26. The summed E-state index contributed by atoms with van der Waals surface area (Å²) in [5, 5.41) is 0.761. The number of nitrogens with zero attached hydrogens (tertiary/aromatic N) is 4. The SMILES string of the molecule is CSC1CCC(n2cnc3c(N)ncnc32)C1. The molecule has 2 atom stereocenters. The number of aromatic nitrogens is 4. The molecule has 0 bridgehead atoms. The van der Waals surface area contributed by atoms with Crippen molar-refractivity contribution in [2.75, 3.05) is 12.0 Å². The highest BCUT2D eigenvalue weighted by atomic mass is 32.2. The molecule has 5 nitrogen and oxygen atoms in total. The number of fused-ring (bicyclic) bond motifs is 1. The highest BCUT2D eigenvalue weighted by molar-refractivity contribution is 7.99. The fourth-order valence-electron chi connectivity index (χ4n) is 2.52. The third kappa shape index (κ3) is 1.76. The Morgan fingerprint density at radius 1 is 1.35 bits per heavy atom. The molecule has 2 unspecified atom stereocenters. The predicted molar refractivity (Wildman–Crippen MR) is 69.9 cm³/mol. The first-order valence-corrected chi connectivity index (χ1v) is 7.04. The lowest BCUT2D eigenvalue weighted by atomic mass is 10.2. The lowest BCUT2D eigenvalue weighted by molar-refractivity contribution is 0.530. The summed E-state index contributed by atoms with van der Waals surface area (Å²) >= 11 is 1.95. The molecule has 0 aromatic carbocycles. The van der Waals surface area contributed by atoms with Gasteiger partial charge in [0.1, 0.15) is 11.8 Å². The Balaban J connectivity index is 1.99. The fraction of sp³-hybridized carbons (Fsp3) is 0.545. The van der Waals surface area contributed by atoms with Crippen molar-refractivity contribution in [2.24, 2.45) is 0 Å². The van der Waals surface area contributed by atoms with E-state index >= 15 is 0 Å². The number of anilines is 1. The van der Waals surface area contributed by atoms with Gasteiger partial charge in [0.25, 0.3) is 0 Å². The van der Waals surface area contributed by atoms with Gasteiger partial charge in [-0.15, -0.1) is 0 Å². The molecule has 2 aromatic rings. The van der Waals surface area contributed by atoms with E-state index in [4.69, 9.17) is 5.73 Å². The van der Waals surface area contributed by atoms with Gasteiger partial charge in [0, 0.05) is 11.3 Å². The first-order chi connectivity index (χ1) is 8.29. The maximum absolute atomic E-state index is 5.79. The van der Waals surface area contributed by atoms with Crippen molar-refractivity contribution in [3.8, 4) is 0 Å². The molecule has 2 heterocycles. The third-order valence-corrected chi connectivity index (χ3v) is 4.57. The Labute approximate surface area is 104 Å². The Morgan fingerprint density at radius 3 is 3.00 bits per heavy atom. The maximum atomic E-state index is 5.79. The number of nitrogens with two attached hydrogens (primary N) is 1. The zero-order chi connectivity index (χ0) is 11.8. The molecule has 0 aliphatic heterocycles. The van der Waals surface area contributed by atoms with Gasteiger partial charge in [-0.1, -0.05) is 0 Å². The number of thioether (sulfide) groups is 1. The zero-order valence-corrected chi connectivity index (χ0v) is 10.5. The van der Waals surface area contributed by atoms with Gasteiger partial charge in [-0.3, -0.25) is 0 Å². The van der Waals surface area contributed by atoms with Crippen LogP contribution in [0.1, 0.15) is 25.3 Å². The Hall–Kier alpha value is -1.30. The van der Waals surface area contributed by atoms with Crippen LogP contribution < -0.4 is 5.73 Å². The Bertz CT molecular complexity index is 538. The zero-order valence-electron chi connectivity index (χ0n) is 9.71. The summed E-state index contributed by atoms with van der Waals surface area (Å²) in [5.74, 6) is 0.466. The van der Waals surface area contributed by atoms with Crippen LogP contribution in [-0.2, 0) is 0 Å². The minimum absolute atomic E-state index is 0.466. The molecule has 6 heteroatoms. The summed E-state index contributed by atoms with van der Waals surface area (Å²) < 4.78 is 2.16. The van der Waals surface area contributed by atoms with Crippen LogP contribution in [0.4, 0.5) is 5.82 Å². The summed E-state index contributed by atoms with van der Waals surface area (Å²) in [6.45, 7) is 0. The van der Waals surface area contributed by atoms with Crippen LogP contribution in [0.5, 0.6) is 0 Å². The average Bonchev–Trinajstić information content (AvgIpc) is 2.94. The minimum Gasteiger partial charge on any atom is -0.382 e. The van der Waals surface area contributed by atoms with Crippen molar-refractivity contribution >= 4 is 28.7 Å². The van der Waals surface area contributed by atoms with E-state index in [1.54, 1.807) is 0 Å². The molecule has 1 aliphatic rings. The van der Waals surface area contributed by atoms with Crippen LogP contribution >= 0.6 is 11.8 Å². The van der Waals surface area contributed by atoms with Crippen LogP contribution in [-0.4, -0.2) is 31.0 Å². The van der Waals surface area contributed by atoms with Gasteiger partial charge in [-0.05, 0) is 25.5 Å². The lowest BCUT2D eigenvalue weighted by Crippen LogP contribution is -2.06. The number of nitrogen functional groups attached to an aromatic ring is 1. The minimum atomic E-state index is 0.466. The van der Waals surface area contributed by atoms with E-state index in [9.17, 15) is 0 Å². The molecule has 3 rings (SSSR count). The first kappa shape index (κ1) is 10.8. The molecular weight excluding hydrogens is 234 g/mol. The second kappa shape index (κ2) is 4.18. The second-order valence-corrected chi connectivity index (χ2v) is 5.55. The van der Waals surface area contributed by atoms with Gasteiger partial charge in [-0.2, -0.15) is 11.8 Å². The van der Waals surface area contributed by atoms with Crippen LogP contribution in [0.25, 0.3) is 11.2 Å². The molecule has 1 aliphatic carbocycles. The maximum Gasteiger partial charge on any atom is 0.165 e. The van der Waals surface area contributed by atoms with Crippen molar-refractivity contribution in [1.29, 1.82) is 0 Å². The van der Waals surface area contributed by atoms with Gasteiger partial charge in [0.15, 0.2) is 11.5 Å². The third-order valence-electron chi connectivity index (χ3n) is 3.47. The molecule has 1 saturated carbocycles. The van der Waals surface area contributed by atoms with Crippen LogP contribution in [0.3, 0.4) is 0 Å². The van der Waals surface area contributed by atoms with Crippen LogP contribution in [0.2, 0.25) is 0 Å². The van der Waals surface area contributed by atoms with Gasteiger partial charge < -0.3 is 10.3 Å². The largest absolute Gasteiger partial charge is 0.382 e. The second-order valence-electron chi connectivity index (χ2n) is 4.41. The van der Waals surface area contributed by atoms with Crippen LogP contribution in [0, 0.1) is 0 Å². The smallest absolute Gasteiger partial charge is 0.165 e. The van der Waals surface area contributed by atoms with Crippen molar-refractivity contribution in [2.45, 2.75) is 30.6 Å². The van der Waals surface area contributed by atoms with Crippen molar-refractivity contribution < 1.29 is 0 Å². The van der Waals surface area contributed by atoms with E-state index in [1.165, 1.54) is 25.6 Å². The average molecular weight is 249 g/mol. The van der Waals surface area contributed by atoms with Crippen molar-refractivity contribution in [1.82, 2.24) is 19.5 Å². The van der Waals surface area contributed by atoms with E-state index in [0.29, 0.717) is 11.9 Å². The molecule has 90 valence electrons. The van der Waals surface area contributed by atoms with Crippen LogP contribution in [0.15, 0.2) is 12.7 Å². The molecular formula is C11H15N5S. The molecule has 0 amide bonds. The van der Waals surface area contributed by atoms with E-state index < -0.39 is 0 Å². The Morgan fingerprint density at radius 2 is 2.24 bits per heavy atom. The summed E-state index contributed by atoms with van der Waals surface area (Å²) in [7, 11) is 0. The Kier molecular flexibility index (Phi) is 2.66. The van der Waals surface area contributed by atoms with Gasteiger partial charge >= 0.3 is 0 Å². The molecule has 0 saturated heterocycles. The molecule has 17 heavy (non-hydrogen) atoms. The molecule has 0 spiro atoms. The number of hydrogen-bond acceptors (Lipinski definition) is 5. The topological polar surface area (TPSA) is 69.6 Å². The molecule has 0 radical (unpaired) electrons. The number of imidazole rings is 1. The summed E-state index contributed by atoms with van der Waals surface area (Å²) in [6.07, 6.45) is 9.20.